The van der Waals surface area contributed by atoms with Gasteiger partial charge < -0.3 is 9.73 Å². The molecule has 0 unspecified atom stereocenters. The summed E-state index contributed by atoms with van der Waals surface area (Å²) in [4.78, 5) is 11.7. The smallest absolute Gasteiger partial charge is 0.242 e. The van der Waals surface area contributed by atoms with Crippen LogP contribution in [0, 0.1) is 6.92 Å². The molecule has 0 aliphatic rings. The molecular weight excluding hydrogens is 218 g/mol. The van der Waals surface area contributed by atoms with Crippen molar-refractivity contribution >= 4 is 5.91 Å². The van der Waals surface area contributed by atoms with E-state index < -0.39 is 0 Å². The van der Waals surface area contributed by atoms with E-state index in [1.165, 1.54) is 0 Å². The van der Waals surface area contributed by atoms with Gasteiger partial charge in [-0.05, 0) is 32.0 Å². The summed E-state index contributed by atoms with van der Waals surface area (Å²) >= 11 is 0. The molecule has 0 aromatic carbocycles. The van der Waals surface area contributed by atoms with Crippen molar-refractivity contribution in [2.24, 2.45) is 0 Å². The summed E-state index contributed by atoms with van der Waals surface area (Å²) in [6, 6.07) is 5.40. The Kier molecular flexibility index (Phi) is 3.27. The van der Waals surface area contributed by atoms with E-state index in [4.69, 9.17) is 4.42 Å². The summed E-state index contributed by atoms with van der Waals surface area (Å²) in [7, 11) is 0. The fraction of sp³-hybridized carbons (Fsp3) is 0.333. The minimum atomic E-state index is -0.133. The molecule has 0 saturated carbocycles. The molecule has 2 aromatic rings. The van der Waals surface area contributed by atoms with Crippen LogP contribution >= 0.6 is 0 Å². The first-order valence-corrected chi connectivity index (χ1v) is 5.48. The number of nitrogens with zero attached hydrogens (tertiary/aromatic N) is 2. The van der Waals surface area contributed by atoms with E-state index in [2.05, 4.69) is 10.4 Å². The number of furan rings is 1. The van der Waals surface area contributed by atoms with Crippen molar-refractivity contribution in [3.05, 3.63) is 42.1 Å². The summed E-state index contributed by atoms with van der Waals surface area (Å²) in [5.74, 6) is 1.51. The highest BCUT2D eigenvalue weighted by Gasteiger charge is 2.12. The van der Waals surface area contributed by atoms with Crippen LogP contribution in [0.25, 0.3) is 0 Å². The van der Waals surface area contributed by atoms with Crippen LogP contribution in [0.2, 0.25) is 0 Å². The van der Waals surface area contributed by atoms with Gasteiger partial charge in [-0.1, -0.05) is 0 Å². The van der Waals surface area contributed by atoms with Gasteiger partial charge in [0.1, 0.15) is 18.1 Å². The Balaban J connectivity index is 1.90. The molecule has 0 fully saturated rings. The van der Waals surface area contributed by atoms with Crippen LogP contribution in [0.1, 0.15) is 24.5 Å². The molecular formula is C12H15N3O2. The zero-order valence-corrected chi connectivity index (χ0v) is 9.88. The van der Waals surface area contributed by atoms with Gasteiger partial charge in [0.2, 0.25) is 5.91 Å². The lowest BCUT2D eigenvalue weighted by molar-refractivity contribution is -0.122. The molecule has 5 nitrogen and oxygen atoms in total. The lowest BCUT2D eigenvalue weighted by atomic mass is 10.2. The van der Waals surface area contributed by atoms with E-state index >= 15 is 0 Å². The fourth-order valence-corrected chi connectivity index (χ4v) is 1.59. The number of amides is 1. The van der Waals surface area contributed by atoms with Gasteiger partial charge in [0, 0.05) is 12.4 Å². The molecule has 0 aliphatic carbocycles. The SMILES string of the molecule is Cc1ccc([C@@H](C)NC(=O)Cn2cccn2)o1. The Morgan fingerprint density at radius 2 is 2.41 bits per heavy atom. The predicted octanol–water partition coefficient (Wildman–Crippen LogP) is 1.66. The van der Waals surface area contributed by atoms with E-state index in [1.807, 2.05) is 26.0 Å². The molecule has 1 amide bonds. The Morgan fingerprint density at radius 1 is 1.59 bits per heavy atom. The first-order valence-electron chi connectivity index (χ1n) is 5.48. The molecule has 1 atom stereocenters. The number of hydrogen-bond acceptors (Lipinski definition) is 3. The lowest BCUT2D eigenvalue weighted by Crippen LogP contribution is -2.30. The first-order chi connectivity index (χ1) is 8.15. The standard InChI is InChI=1S/C12H15N3O2/c1-9-4-5-11(17-9)10(2)14-12(16)8-15-7-3-6-13-15/h3-7,10H,8H2,1-2H3,(H,14,16)/t10-/m1/s1. The zero-order chi connectivity index (χ0) is 12.3. The third kappa shape index (κ3) is 2.96. The molecule has 0 radical (unpaired) electrons. The highest BCUT2D eigenvalue weighted by molar-refractivity contribution is 5.76. The maximum atomic E-state index is 11.7. The number of hydrogen-bond donors (Lipinski definition) is 1. The molecule has 5 heteroatoms. The largest absolute Gasteiger partial charge is 0.464 e. The van der Waals surface area contributed by atoms with Gasteiger partial charge in [-0.2, -0.15) is 5.10 Å². The van der Waals surface area contributed by atoms with Crippen molar-refractivity contribution in [2.45, 2.75) is 26.4 Å². The topological polar surface area (TPSA) is 60.1 Å². The van der Waals surface area contributed by atoms with E-state index in [9.17, 15) is 4.79 Å². The van der Waals surface area contributed by atoms with Crippen molar-refractivity contribution in [3.63, 3.8) is 0 Å². The Hall–Kier alpha value is -2.04. The van der Waals surface area contributed by atoms with Crippen molar-refractivity contribution in [3.8, 4) is 0 Å². The highest BCUT2D eigenvalue weighted by atomic mass is 16.3. The summed E-state index contributed by atoms with van der Waals surface area (Å²) < 4.78 is 7.02. The van der Waals surface area contributed by atoms with Crippen molar-refractivity contribution < 1.29 is 9.21 Å². The normalized spacial score (nSPS) is 12.4. The Bertz CT molecular complexity index is 488. The van der Waals surface area contributed by atoms with Gasteiger partial charge in [-0.25, -0.2) is 0 Å². The summed E-state index contributed by atoms with van der Waals surface area (Å²) in [6.45, 7) is 3.98. The average Bonchev–Trinajstić information content (AvgIpc) is 2.89. The number of carbonyl (C=O) groups excluding carboxylic acids is 1. The summed E-state index contributed by atoms with van der Waals surface area (Å²) in [6.07, 6.45) is 3.40. The third-order valence-electron chi connectivity index (χ3n) is 2.43. The second-order valence-electron chi connectivity index (χ2n) is 3.94. The quantitative estimate of drug-likeness (QED) is 0.873. The van der Waals surface area contributed by atoms with Crippen molar-refractivity contribution in [2.75, 3.05) is 0 Å². The highest BCUT2D eigenvalue weighted by Crippen LogP contribution is 2.15. The second-order valence-corrected chi connectivity index (χ2v) is 3.94. The number of carbonyl (C=O) groups is 1. The molecule has 17 heavy (non-hydrogen) atoms. The molecule has 2 rings (SSSR count). The van der Waals surface area contributed by atoms with Crippen LogP contribution in [0.4, 0.5) is 0 Å². The van der Waals surface area contributed by atoms with Gasteiger partial charge >= 0.3 is 0 Å². The number of aryl methyl sites for hydroxylation is 1. The summed E-state index contributed by atoms with van der Waals surface area (Å²) in [5.41, 5.74) is 0. The van der Waals surface area contributed by atoms with E-state index in [1.54, 1.807) is 23.1 Å². The van der Waals surface area contributed by atoms with Crippen LogP contribution in [0.3, 0.4) is 0 Å². The molecule has 0 aliphatic heterocycles. The van der Waals surface area contributed by atoms with Gasteiger partial charge in [0.05, 0.1) is 6.04 Å². The zero-order valence-electron chi connectivity index (χ0n) is 9.88. The molecule has 90 valence electrons. The Labute approximate surface area is 99.4 Å². The van der Waals surface area contributed by atoms with Gasteiger partial charge in [0.15, 0.2) is 0 Å². The van der Waals surface area contributed by atoms with Crippen LogP contribution in [0.15, 0.2) is 35.0 Å². The van der Waals surface area contributed by atoms with Gasteiger partial charge in [-0.15, -0.1) is 0 Å². The minimum absolute atomic E-state index is 0.0877. The number of nitrogens with one attached hydrogen (secondary N) is 1. The molecule has 2 aromatic heterocycles. The molecule has 0 bridgehead atoms. The second kappa shape index (κ2) is 4.86. The lowest BCUT2D eigenvalue weighted by Gasteiger charge is -2.11. The maximum absolute atomic E-state index is 11.7. The van der Waals surface area contributed by atoms with Crippen molar-refractivity contribution in [1.29, 1.82) is 0 Å². The van der Waals surface area contributed by atoms with E-state index in [0.717, 1.165) is 11.5 Å². The Morgan fingerprint density at radius 3 is 3.00 bits per heavy atom. The molecule has 0 saturated heterocycles. The average molecular weight is 233 g/mol. The van der Waals surface area contributed by atoms with Crippen LogP contribution in [0.5, 0.6) is 0 Å². The first kappa shape index (κ1) is 11.4. The van der Waals surface area contributed by atoms with Crippen LogP contribution < -0.4 is 5.32 Å². The van der Waals surface area contributed by atoms with Crippen LogP contribution in [-0.4, -0.2) is 15.7 Å². The monoisotopic (exact) mass is 233 g/mol. The van der Waals surface area contributed by atoms with Crippen LogP contribution in [-0.2, 0) is 11.3 Å². The molecule has 1 N–H and O–H groups in total. The molecule has 2 heterocycles. The van der Waals surface area contributed by atoms with Gasteiger partial charge in [0.25, 0.3) is 0 Å². The van der Waals surface area contributed by atoms with E-state index in [-0.39, 0.29) is 18.5 Å². The van der Waals surface area contributed by atoms with Gasteiger partial charge in [-0.3, -0.25) is 9.48 Å². The number of rotatable bonds is 4. The fourth-order valence-electron chi connectivity index (χ4n) is 1.59. The third-order valence-corrected chi connectivity index (χ3v) is 2.43. The number of aromatic nitrogens is 2. The van der Waals surface area contributed by atoms with E-state index in [0.29, 0.717) is 0 Å². The maximum Gasteiger partial charge on any atom is 0.242 e. The van der Waals surface area contributed by atoms with Crippen molar-refractivity contribution in [1.82, 2.24) is 15.1 Å². The molecule has 0 spiro atoms. The minimum Gasteiger partial charge on any atom is -0.464 e. The summed E-state index contributed by atoms with van der Waals surface area (Å²) in [5, 5.41) is 6.83. The predicted molar refractivity (Wildman–Crippen MR) is 62.2 cm³/mol.